The molecule has 0 bridgehead atoms. The third-order valence-corrected chi connectivity index (χ3v) is 7.37. The number of fused-ring (bicyclic) bond motifs is 1. The smallest absolute Gasteiger partial charge is 0.265 e. The summed E-state index contributed by atoms with van der Waals surface area (Å²) in [4.78, 5) is 18.7. The maximum Gasteiger partial charge on any atom is 0.265 e. The molecule has 2 heterocycles. The van der Waals surface area contributed by atoms with Gasteiger partial charge >= 0.3 is 0 Å². The Morgan fingerprint density at radius 1 is 1.19 bits per heavy atom. The van der Waals surface area contributed by atoms with Gasteiger partial charge in [-0.3, -0.25) is 9.52 Å². The van der Waals surface area contributed by atoms with Crippen LogP contribution in [0.5, 0.6) is 5.75 Å². The third-order valence-electron chi connectivity index (χ3n) is 5.00. The second-order valence-corrected chi connectivity index (χ2v) is 9.94. The fourth-order valence-electron chi connectivity index (χ4n) is 3.45. The monoisotopic (exact) mass is 457 g/mol. The zero-order valence-electron chi connectivity index (χ0n) is 17.5. The van der Waals surface area contributed by atoms with Crippen LogP contribution in [0.4, 0.5) is 10.8 Å². The highest BCUT2D eigenvalue weighted by atomic mass is 32.2. The number of carbonyl (C=O) groups excluding carboxylic acids is 1. The fraction of sp³-hybridized carbons (Fsp3) is 0.273. The van der Waals surface area contributed by atoms with E-state index in [4.69, 9.17) is 4.74 Å². The normalized spacial score (nSPS) is 13.6. The lowest BCUT2D eigenvalue weighted by Crippen LogP contribution is -2.39. The molecule has 162 valence electrons. The summed E-state index contributed by atoms with van der Waals surface area (Å²) < 4.78 is 33.8. The summed E-state index contributed by atoms with van der Waals surface area (Å²) in [6.07, 6.45) is 0.830. The zero-order valence-corrected chi connectivity index (χ0v) is 19.1. The van der Waals surface area contributed by atoms with Crippen molar-refractivity contribution < 1.29 is 17.9 Å². The highest BCUT2D eigenvalue weighted by molar-refractivity contribution is 7.93. The minimum atomic E-state index is -3.75. The highest BCUT2D eigenvalue weighted by Gasteiger charge is 2.26. The number of aromatic nitrogens is 1. The van der Waals surface area contributed by atoms with Crippen LogP contribution in [-0.2, 0) is 14.8 Å². The Morgan fingerprint density at radius 3 is 2.77 bits per heavy atom. The Balaban J connectivity index is 1.62. The molecule has 0 saturated carbocycles. The summed E-state index contributed by atoms with van der Waals surface area (Å²) in [7, 11) is -3.75. The van der Waals surface area contributed by atoms with Crippen molar-refractivity contribution in [1.29, 1.82) is 0 Å². The quantitative estimate of drug-likeness (QED) is 0.594. The van der Waals surface area contributed by atoms with Crippen LogP contribution in [0.2, 0.25) is 0 Å². The number of hydrogen-bond acceptors (Lipinski definition) is 6. The van der Waals surface area contributed by atoms with E-state index in [0.29, 0.717) is 29.2 Å². The molecule has 0 spiro atoms. The standard InChI is InChI=1S/C22H23N3O4S2/c1-4-9-25-18-11-16(7-8-19(18)29-12-21(25)26)17-13-30-22(23-17)24-31(27,28)20-10-14(2)5-6-15(20)3/h5-8,10-11,13H,4,9,12H2,1-3H3,(H,23,24). The van der Waals surface area contributed by atoms with Gasteiger partial charge in [0, 0.05) is 17.5 Å². The van der Waals surface area contributed by atoms with Crippen molar-refractivity contribution in [3.8, 4) is 17.0 Å². The van der Waals surface area contributed by atoms with Crippen molar-refractivity contribution in [1.82, 2.24) is 4.98 Å². The van der Waals surface area contributed by atoms with E-state index in [2.05, 4.69) is 9.71 Å². The van der Waals surface area contributed by atoms with E-state index in [0.717, 1.165) is 17.5 Å². The molecule has 9 heteroatoms. The molecule has 0 fully saturated rings. The molecule has 4 rings (SSSR count). The van der Waals surface area contributed by atoms with Gasteiger partial charge in [-0.15, -0.1) is 11.3 Å². The largest absolute Gasteiger partial charge is 0.482 e. The molecule has 3 aromatic rings. The maximum absolute atomic E-state index is 12.9. The second-order valence-electron chi connectivity index (χ2n) is 7.43. The van der Waals surface area contributed by atoms with E-state index < -0.39 is 10.0 Å². The number of nitrogens with zero attached hydrogens (tertiary/aromatic N) is 2. The van der Waals surface area contributed by atoms with Crippen LogP contribution in [0.1, 0.15) is 24.5 Å². The van der Waals surface area contributed by atoms with Gasteiger partial charge in [0.25, 0.3) is 15.9 Å². The topological polar surface area (TPSA) is 88.6 Å². The first-order valence-corrected chi connectivity index (χ1v) is 12.3. The van der Waals surface area contributed by atoms with Crippen molar-refractivity contribution >= 4 is 38.1 Å². The Labute approximate surface area is 185 Å². The van der Waals surface area contributed by atoms with Crippen LogP contribution >= 0.6 is 11.3 Å². The Bertz CT molecular complexity index is 1250. The number of hydrogen-bond donors (Lipinski definition) is 1. The second kappa shape index (κ2) is 8.32. The summed E-state index contributed by atoms with van der Waals surface area (Å²) >= 11 is 1.21. The van der Waals surface area contributed by atoms with Crippen molar-refractivity contribution in [2.75, 3.05) is 22.8 Å². The van der Waals surface area contributed by atoms with Gasteiger partial charge in [0.05, 0.1) is 16.3 Å². The molecule has 31 heavy (non-hydrogen) atoms. The number of thiazole rings is 1. The SMILES string of the molecule is CCCN1C(=O)COc2ccc(-c3csc(NS(=O)(=O)c4cc(C)ccc4C)n3)cc21. The molecule has 1 aromatic heterocycles. The minimum absolute atomic E-state index is 0.0351. The number of carbonyl (C=O) groups is 1. The van der Waals surface area contributed by atoms with E-state index in [1.165, 1.54) is 11.3 Å². The van der Waals surface area contributed by atoms with Crippen molar-refractivity contribution in [2.24, 2.45) is 0 Å². The lowest BCUT2D eigenvalue weighted by atomic mass is 10.1. The average Bonchev–Trinajstić information content (AvgIpc) is 3.19. The van der Waals surface area contributed by atoms with Crippen molar-refractivity contribution in [3.63, 3.8) is 0 Å². The highest BCUT2D eigenvalue weighted by Crippen LogP contribution is 2.37. The number of rotatable bonds is 6. The number of ether oxygens (including phenoxy) is 1. The molecular formula is C22H23N3O4S2. The van der Waals surface area contributed by atoms with Crippen LogP contribution in [0.15, 0.2) is 46.7 Å². The Morgan fingerprint density at radius 2 is 2.00 bits per heavy atom. The molecule has 0 atom stereocenters. The average molecular weight is 458 g/mol. The van der Waals surface area contributed by atoms with E-state index in [-0.39, 0.29) is 22.5 Å². The van der Waals surface area contributed by atoms with Gasteiger partial charge in [0.15, 0.2) is 11.7 Å². The van der Waals surface area contributed by atoms with Crippen molar-refractivity contribution in [3.05, 3.63) is 52.9 Å². The predicted molar refractivity (Wildman–Crippen MR) is 122 cm³/mol. The summed E-state index contributed by atoms with van der Waals surface area (Å²) in [6, 6.07) is 10.9. The fourth-order valence-corrected chi connectivity index (χ4v) is 5.75. The van der Waals surface area contributed by atoms with E-state index in [9.17, 15) is 13.2 Å². The number of nitrogens with one attached hydrogen (secondary N) is 1. The first-order chi connectivity index (χ1) is 14.8. The lowest BCUT2D eigenvalue weighted by molar-refractivity contribution is -0.121. The zero-order chi connectivity index (χ0) is 22.2. The number of anilines is 2. The van der Waals surface area contributed by atoms with Crippen LogP contribution in [-0.4, -0.2) is 32.5 Å². The first kappa shape index (κ1) is 21.3. The van der Waals surface area contributed by atoms with E-state index >= 15 is 0 Å². The lowest BCUT2D eigenvalue weighted by Gasteiger charge is -2.29. The third kappa shape index (κ3) is 4.28. The van der Waals surface area contributed by atoms with Gasteiger partial charge in [0.1, 0.15) is 5.75 Å². The molecule has 7 nitrogen and oxygen atoms in total. The molecule has 1 N–H and O–H groups in total. The Hall–Kier alpha value is -2.91. The molecule has 0 saturated heterocycles. The molecule has 1 aliphatic rings. The number of sulfonamides is 1. The van der Waals surface area contributed by atoms with Gasteiger partial charge in [-0.05, 0) is 55.7 Å². The summed E-state index contributed by atoms with van der Waals surface area (Å²) in [6.45, 7) is 6.27. The predicted octanol–water partition coefficient (Wildman–Crippen LogP) is 4.36. The van der Waals surface area contributed by atoms with E-state index in [1.807, 2.05) is 38.1 Å². The molecule has 0 unspecified atom stereocenters. The van der Waals surface area contributed by atoms with Gasteiger partial charge in [0.2, 0.25) is 0 Å². The molecule has 1 aliphatic heterocycles. The molecule has 0 radical (unpaired) electrons. The summed E-state index contributed by atoms with van der Waals surface area (Å²) in [5.74, 6) is 0.578. The molecule has 0 aliphatic carbocycles. The maximum atomic E-state index is 12.9. The summed E-state index contributed by atoms with van der Waals surface area (Å²) in [5, 5.41) is 2.07. The van der Waals surface area contributed by atoms with Crippen LogP contribution in [0.25, 0.3) is 11.3 Å². The number of benzene rings is 2. The Kier molecular flexibility index (Phi) is 5.72. The number of amides is 1. The minimum Gasteiger partial charge on any atom is -0.482 e. The van der Waals surface area contributed by atoms with E-state index in [1.54, 1.807) is 29.3 Å². The van der Waals surface area contributed by atoms with Gasteiger partial charge < -0.3 is 9.64 Å². The molecular weight excluding hydrogens is 434 g/mol. The van der Waals surface area contributed by atoms with Gasteiger partial charge in [-0.25, -0.2) is 13.4 Å². The van der Waals surface area contributed by atoms with Crippen LogP contribution in [0, 0.1) is 13.8 Å². The van der Waals surface area contributed by atoms with Crippen molar-refractivity contribution in [2.45, 2.75) is 32.1 Å². The van der Waals surface area contributed by atoms with Gasteiger partial charge in [-0.2, -0.15) is 0 Å². The van der Waals surface area contributed by atoms with Gasteiger partial charge in [-0.1, -0.05) is 19.1 Å². The van der Waals surface area contributed by atoms with Crippen LogP contribution in [0.3, 0.4) is 0 Å². The number of aryl methyl sites for hydroxylation is 2. The molecule has 2 aromatic carbocycles. The first-order valence-electron chi connectivity index (χ1n) is 9.91. The van der Waals surface area contributed by atoms with Crippen LogP contribution < -0.4 is 14.4 Å². The summed E-state index contributed by atoms with van der Waals surface area (Å²) in [5.41, 5.74) is 3.66. The molecule has 1 amide bonds.